The molecule has 0 bridgehead atoms. The van der Waals surface area contributed by atoms with Gasteiger partial charge in [0.2, 0.25) is 0 Å². The first-order valence-corrected chi connectivity index (χ1v) is 8.35. The molecule has 3 N–H and O–H groups in total. The number of aromatic nitrogens is 1. The smallest absolute Gasteiger partial charge is 0.270 e. The summed E-state index contributed by atoms with van der Waals surface area (Å²) in [5.41, 5.74) is 5.84. The Morgan fingerprint density at radius 1 is 1.53 bits per heavy atom. The van der Waals surface area contributed by atoms with Crippen molar-refractivity contribution in [2.75, 3.05) is 18.8 Å². The average Bonchev–Trinajstić information content (AvgIpc) is 2.76. The lowest BCUT2D eigenvalue weighted by Crippen LogP contribution is -2.32. The van der Waals surface area contributed by atoms with Crippen LogP contribution in [0.4, 0.5) is 0 Å². The summed E-state index contributed by atoms with van der Waals surface area (Å²) in [6.45, 7) is 6.69. The van der Waals surface area contributed by atoms with E-state index in [-0.39, 0.29) is 10.7 Å². The van der Waals surface area contributed by atoms with Gasteiger partial charge in [0, 0.05) is 39.6 Å². The van der Waals surface area contributed by atoms with Crippen LogP contribution >= 0.6 is 11.3 Å². The van der Waals surface area contributed by atoms with Crippen LogP contribution in [0, 0.1) is 0 Å². The molecule has 0 aromatic carbocycles. The van der Waals surface area contributed by atoms with Gasteiger partial charge in [0.1, 0.15) is 5.69 Å². The quantitative estimate of drug-likeness (QED) is 0.818. The van der Waals surface area contributed by atoms with Gasteiger partial charge in [-0.2, -0.15) is 0 Å². The molecule has 0 aliphatic heterocycles. The van der Waals surface area contributed by atoms with Gasteiger partial charge in [0.15, 0.2) is 0 Å². The molecule has 0 aliphatic carbocycles. The maximum atomic E-state index is 11.8. The average molecular weight is 303 g/mol. The van der Waals surface area contributed by atoms with E-state index in [1.54, 1.807) is 5.38 Å². The van der Waals surface area contributed by atoms with E-state index in [0.29, 0.717) is 31.0 Å². The Morgan fingerprint density at radius 3 is 2.79 bits per heavy atom. The van der Waals surface area contributed by atoms with Crippen LogP contribution in [0.25, 0.3) is 0 Å². The standard InChI is InChI=1S/C12H21N3O2S2/c1-12(2,3)19(17)7-6-14-11(16)9-8-18-10(15-9)4-5-13/h8H,4-7,13H2,1-3H3,(H,14,16). The molecule has 0 aliphatic rings. The van der Waals surface area contributed by atoms with E-state index in [1.807, 2.05) is 20.8 Å². The largest absolute Gasteiger partial charge is 0.350 e. The number of amides is 1. The number of carbonyl (C=O) groups excluding carboxylic acids is 1. The zero-order valence-corrected chi connectivity index (χ0v) is 13.2. The second-order valence-corrected chi connectivity index (χ2v) is 8.35. The highest BCUT2D eigenvalue weighted by molar-refractivity contribution is 7.86. The summed E-state index contributed by atoms with van der Waals surface area (Å²) in [4.78, 5) is 16.0. The minimum Gasteiger partial charge on any atom is -0.350 e. The highest BCUT2D eigenvalue weighted by Crippen LogP contribution is 2.11. The molecular weight excluding hydrogens is 282 g/mol. The van der Waals surface area contributed by atoms with E-state index in [2.05, 4.69) is 10.3 Å². The van der Waals surface area contributed by atoms with Gasteiger partial charge in [-0.15, -0.1) is 11.3 Å². The number of nitrogens with one attached hydrogen (secondary N) is 1. The predicted octanol–water partition coefficient (Wildman–Crippen LogP) is 0.921. The van der Waals surface area contributed by atoms with E-state index in [9.17, 15) is 9.00 Å². The fourth-order valence-electron chi connectivity index (χ4n) is 1.31. The van der Waals surface area contributed by atoms with Crippen LogP contribution in [0.15, 0.2) is 5.38 Å². The summed E-state index contributed by atoms with van der Waals surface area (Å²) in [7, 11) is -0.957. The van der Waals surface area contributed by atoms with Crippen LogP contribution in [-0.4, -0.2) is 38.7 Å². The molecule has 0 saturated carbocycles. The lowest BCUT2D eigenvalue weighted by atomic mass is 10.3. The van der Waals surface area contributed by atoms with Gasteiger partial charge >= 0.3 is 0 Å². The van der Waals surface area contributed by atoms with Gasteiger partial charge in [0.25, 0.3) is 5.91 Å². The molecule has 1 atom stereocenters. The van der Waals surface area contributed by atoms with Crippen molar-refractivity contribution >= 4 is 28.0 Å². The monoisotopic (exact) mass is 303 g/mol. The second kappa shape index (κ2) is 7.12. The molecule has 0 fully saturated rings. The minimum absolute atomic E-state index is 0.217. The van der Waals surface area contributed by atoms with Gasteiger partial charge < -0.3 is 11.1 Å². The van der Waals surface area contributed by atoms with Crippen molar-refractivity contribution in [3.05, 3.63) is 16.1 Å². The van der Waals surface area contributed by atoms with Gasteiger partial charge in [-0.25, -0.2) is 4.98 Å². The molecule has 1 amide bonds. The fraction of sp³-hybridized carbons (Fsp3) is 0.667. The molecule has 19 heavy (non-hydrogen) atoms. The van der Waals surface area contributed by atoms with E-state index in [0.717, 1.165) is 5.01 Å². The molecule has 1 aromatic rings. The van der Waals surface area contributed by atoms with Crippen LogP contribution < -0.4 is 11.1 Å². The lowest BCUT2D eigenvalue weighted by Gasteiger charge is -2.17. The molecule has 7 heteroatoms. The van der Waals surface area contributed by atoms with Crippen molar-refractivity contribution in [1.29, 1.82) is 0 Å². The predicted molar refractivity (Wildman–Crippen MR) is 80.0 cm³/mol. The topological polar surface area (TPSA) is 85.1 Å². The van der Waals surface area contributed by atoms with E-state index >= 15 is 0 Å². The Hall–Kier alpha value is -0.790. The van der Waals surface area contributed by atoms with Crippen LogP contribution in [-0.2, 0) is 17.2 Å². The molecule has 1 rings (SSSR count). The number of nitrogens with zero attached hydrogens (tertiary/aromatic N) is 1. The molecule has 0 spiro atoms. The van der Waals surface area contributed by atoms with Crippen LogP contribution in [0.2, 0.25) is 0 Å². The molecule has 0 saturated heterocycles. The summed E-state index contributed by atoms with van der Waals surface area (Å²) in [5, 5.41) is 5.33. The molecule has 5 nitrogen and oxygen atoms in total. The number of hydrogen-bond donors (Lipinski definition) is 2. The molecule has 1 aromatic heterocycles. The van der Waals surface area contributed by atoms with E-state index < -0.39 is 10.8 Å². The van der Waals surface area contributed by atoms with Gasteiger partial charge in [0.05, 0.1) is 5.01 Å². The minimum atomic E-state index is -0.957. The second-order valence-electron chi connectivity index (χ2n) is 5.08. The summed E-state index contributed by atoms with van der Waals surface area (Å²) in [5.74, 6) is 0.236. The van der Waals surface area contributed by atoms with Crippen molar-refractivity contribution in [1.82, 2.24) is 10.3 Å². The van der Waals surface area contributed by atoms with Crippen molar-refractivity contribution < 1.29 is 9.00 Å². The number of carbonyl (C=O) groups is 1. The summed E-state index contributed by atoms with van der Waals surface area (Å²) in [6.07, 6.45) is 0.686. The number of rotatable bonds is 6. The van der Waals surface area contributed by atoms with E-state index in [4.69, 9.17) is 5.73 Å². The van der Waals surface area contributed by atoms with Crippen LogP contribution in [0.5, 0.6) is 0 Å². The molecule has 1 heterocycles. The van der Waals surface area contributed by atoms with Gasteiger partial charge in [-0.05, 0) is 27.3 Å². The number of thiazole rings is 1. The first kappa shape index (κ1) is 16.3. The van der Waals surface area contributed by atoms with Crippen molar-refractivity contribution in [3.8, 4) is 0 Å². The Labute approximate surface area is 120 Å². The van der Waals surface area contributed by atoms with Crippen molar-refractivity contribution in [2.24, 2.45) is 5.73 Å². The molecular formula is C12H21N3O2S2. The number of nitrogens with two attached hydrogens (primary N) is 1. The zero-order chi connectivity index (χ0) is 14.5. The third-order valence-electron chi connectivity index (χ3n) is 2.40. The summed E-state index contributed by atoms with van der Waals surface area (Å²) < 4.78 is 11.6. The van der Waals surface area contributed by atoms with E-state index in [1.165, 1.54) is 11.3 Å². The fourth-order valence-corrected chi connectivity index (χ4v) is 3.00. The molecule has 108 valence electrons. The normalized spacial score (nSPS) is 13.3. The van der Waals surface area contributed by atoms with Gasteiger partial charge in [-0.3, -0.25) is 9.00 Å². The van der Waals surface area contributed by atoms with Crippen molar-refractivity contribution in [3.63, 3.8) is 0 Å². The molecule has 0 radical (unpaired) electrons. The highest BCUT2D eigenvalue weighted by Gasteiger charge is 2.19. The first-order chi connectivity index (χ1) is 8.84. The number of hydrogen-bond acceptors (Lipinski definition) is 5. The Morgan fingerprint density at radius 2 is 2.21 bits per heavy atom. The Bertz CT molecular complexity index is 452. The van der Waals surface area contributed by atoms with Crippen molar-refractivity contribution in [2.45, 2.75) is 31.9 Å². The lowest BCUT2D eigenvalue weighted by molar-refractivity contribution is 0.0951. The van der Waals surface area contributed by atoms with Gasteiger partial charge in [-0.1, -0.05) is 0 Å². The Balaban J connectivity index is 2.41. The Kier molecular flexibility index (Phi) is 6.09. The zero-order valence-electron chi connectivity index (χ0n) is 11.6. The maximum Gasteiger partial charge on any atom is 0.270 e. The third-order valence-corrected chi connectivity index (χ3v) is 5.25. The maximum absolute atomic E-state index is 11.8. The SMILES string of the molecule is CC(C)(C)S(=O)CCNC(=O)c1csc(CCN)n1. The first-order valence-electron chi connectivity index (χ1n) is 6.15. The highest BCUT2D eigenvalue weighted by atomic mass is 32.2. The molecule has 1 unspecified atom stereocenters. The summed E-state index contributed by atoms with van der Waals surface area (Å²) in [6, 6.07) is 0. The third kappa shape index (κ3) is 5.38. The van der Waals surface area contributed by atoms with Crippen LogP contribution in [0.1, 0.15) is 36.3 Å². The summed E-state index contributed by atoms with van der Waals surface area (Å²) >= 11 is 1.43. The van der Waals surface area contributed by atoms with Crippen LogP contribution in [0.3, 0.4) is 0 Å².